The zero-order valence-electron chi connectivity index (χ0n) is 12.8. The van der Waals surface area contributed by atoms with E-state index >= 15 is 0 Å². The molecule has 0 radical (unpaired) electrons. The fourth-order valence-corrected chi connectivity index (χ4v) is 1.91. The second-order valence-corrected chi connectivity index (χ2v) is 5.40. The van der Waals surface area contributed by atoms with Gasteiger partial charge in [0.15, 0.2) is 0 Å². The van der Waals surface area contributed by atoms with Crippen molar-refractivity contribution in [1.29, 1.82) is 0 Å². The Kier molecular flexibility index (Phi) is 7.49. The van der Waals surface area contributed by atoms with Gasteiger partial charge in [0, 0.05) is 5.69 Å². The molecule has 0 aliphatic heterocycles. The number of nitrogens with one attached hydrogen (secondary N) is 1. The van der Waals surface area contributed by atoms with Gasteiger partial charge in [0.25, 0.3) is 0 Å². The first-order valence-electron chi connectivity index (χ1n) is 7.43. The van der Waals surface area contributed by atoms with Crippen LogP contribution in [-0.4, -0.2) is 24.7 Å². The minimum atomic E-state index is 0.724. The van der Waals surface area contributed by atoms with Crippen molar-refractivity contribution in [2.75, 3.05) is 19.7 Å². The second-order valence-electron chi connectivity index (χ2n) is 5.40. The van der Waals surface area contributed by atoms with Crippen LogP contribution in [0.25, 0.3) is 0 Å². The van der Waals surface area contributed by atoms with Crippen LogP contribution in [0.3, 0.4) is 0 Å². The lowest BCUT2D eigenvalue weighted by Crippen LogP contribution is -2.21. The molecule has 0 fully saturated rings. The third-order valence-corrected chi connectivity index (χ3v) is 2.96. The molecule has 0 unspecified atom stereocenters. The molecule has 1 rings (SSSR count). The van der Waals surface area contributed by atoms with Gasteiger partial charge in [0.05, 0.1) is 12.3 Å². The molecule has 19 heavy (non-hydrogen) atoms. The first-order valence-corrected chi connectivity index (χ1v) is 7.43. The predicted octanol–water partition coefficient (Wildman–Crippen LogP) is 3.36. The molecular weight excluding hydrogens is 236 g/mol. The van der Waals surface area contributed by atoms with Crippen LogP contribution in [0, 0.1) is 12.8 Å². The third-order valence-electron chi connectivity index (χ3n) is 2.96. The minimum absolute atomic E-state index is 0.724. The second kappa shape index (κ2) is 8.92. The van der Waals surface area contributed by atoms with Crippen molar-refractivity contribution in [1.82, 2.24) is 10.3 Å². The zero-order valence-corrected chi connectivity index (χ0v) is 12.8. The van der Waals surface area contributed by atoms with Crippen molar-refractivity contribution < 1.29 is 4.74 Å². The Hall–Kier alpha value is -1.09. The van der Waals surface area contributed by atoms with Crippen molar-refractivity contribution >= 4 is 0 Å². The summed E-state index contributed by atoms with van der Waals surface area (Å²) < 4.78 is 5.82. The monoisotopic (exact) mass is 264 g/mol. The predicted molar refractivity (Wildman–Crippen MR) is 80.8 cm³/mol. The Balaban J connectivity index is 2.19. The minimum Gasteiger partial charge on any atom is -0.492 e. The largest absolute Gasteiger partial charge is 0.492 e. The quantitative estimate of drug-likeness (QED) is 0.694. The summed E-state index contributed by atoms with van der Waals surface area (Å²) in [6, 6.07) is 4.05. The molecule has 108 valence electrons. The van der Waals surface area contributed by atoms with E-state index in [1.54, 1.807) is 0 Å². The summed E-state index contributed by atoms with van der Waals surface area (Å²) in [4.78, 5) is 4.50. The lowest BCUT2D eigenvalue weighted by atomic mass is 10.2. The Labute approximate surface area is 117 Å². The molecule has 3 heteroatoms. The molecule has 0 atom stereocenters. The molecule has 0 saturated heterocycles. The molecule has 1 aromatic rings. The highest BCUT2D eigenvalue weighted by Gasteiger charge is 2.03. The van der Waals surface area contributed by atoms with Gasteiger partial charge in [-0.2, -0.15) is 0 Å². The van der Waals surface area contributed by atoms with Crippen LogP contribution in [0.5, 0.6) is 5.75 Å². The molecule has 0 saturated carbocycles. The van der Waals surface area contributed by atoms with E-state index in [-0.39, 0.29) is 0 Å². The molecule has 0 bridgehead atoms. The summed E-state index contributed by atoms with van der Waals surface area (Å²) >= 11 is 0. The SMILES string of the molecule is CCc1nc(C)ccc1OCCCCNCC(C)C. The van der Waals surface area contributed by atoms with E-state index in [0.717, 1.165) is 62.0 Å². The lowest BCUT2D eigenvalue weighted by Gasteiger charge is -2.11. The Morgan fingerprint density at radius 1 is 1.26 bits per heavy atom. The van der Waals surface area contributed by atoms with Crippen molar-refractivity contribution in [2.24, 2.45) is 5.92 Å². The van der Waals surface area contributed by atoms with Crippen molar-refractivity contribution in [2.45, 2.75) is 47.0 Å². The third kappa shape index (κ3) is 6.58. The molecule has 1 heterocycles. The van der Waals surface area contributed by atoms with E-state index in [9.17, 15) is 0 Å². The van der Waals surface area contributed by atoms with Crippen molar-refractivity contribution in [3.63, 3.8) is 0 Å². The first kappa shape index (κ1) is 16.0. The van der Waals surface area contributed by atoms with Gasteiger partial charge < -0.3 is 10.1 Å². The number of aromatic nitrogens is 1. The van der Waals surface area contributed by atoms with Gasteiger partial charge >= 0.3 is 0 Å². The fourth-order valence-electron chi connectivity index (χ4n) is 1.91. The first-order chi connectivity index (χ1) is 9.13. The number of hydrogen-bond donors (Lipinski definition) is 1. The maximum absolute atomic E-state index is 5.82. The van der Waals surface area contributed by atoms with E-state index in [2.05, 4.69) is 31.1 Å². The van der Waals surface area contributed by atoms with Crippen molar-refractivity contribution in [3.8, 4) is 5.75 Å². The summed E-state index contributed by atoms with van der Waals surface area (Å²) in [6.45, 7) is 11.5. The van der Waals surface area contributed by atoms with E-state index < -0.39 is 0 Å². The molecule has 0 aliphatic carbocycles. The number of hydrogen-bond acceptors (Lipinski definition) is 3. The molecule has 1 aromatic heterocycles. The van der Waals surface area contributed by atoms with E-state index in [0.29, 0.717) is 0 Å². The summed E-state index contributed by atoms with van der Waals surface area (Å²) in [5.74, 6) is 1.67. The van der Waals surface area contributed by atoms with Gasteiger partial charge in [0.2, 0.25) is 0 Å². The number of rotatable bonds is 9. The highest BCUT2D eigenvalue weighted by molar-refractivity contribution is 5.29. The summed E-state index contributed by atoms with van der Waals surface area (Å²) in [5.41, 5.74) is 2.13. The van der Waals surface area contributed by atoms with Gasteiger partial charge in [-0.1, -0.05) is 20.8 Å². The normalized spacial score (nSPS) is 11.0. The topological polar surface area (TPSA) is 34.1 Å². The maximum atomic E-state index is 5.82. The summed E-state index contributed by atoms with van der Waals surface area (Å²) in [5, 5.41) is 3.45. The highest BCUT2D eigenvalue weighted by atomic mass is 16.5. The standard InChI is InChI=1S/C16H28N2O/c1-5-15-16(9-8-14(4)18-15)19-11-7-6-10-17-12-13(2)3/h8-9,13,17H,5-7,10-12H2,1-4H3. The van der Waals surface area contributed by atoms with Gasteiger partial charge in [-0.15, -0.1) is 0 Å². The number of nitrogens with zero attached hydrogens (tertiary/aromatic N) is 1. The van der Waals surface area contributed by atoms with Crippen LogP contribution in [0.15, 0.2) is 12.1 Å². The van der Waals surface area contributed by atoms with E-state index in [1.807, 2.05) is 19.1 Å². The van der Waals surface area contributed by atoms with Crippen LogP contribution >= 0.6 is 0 Å². The summed E-state index contributed by atoms with van der Waals surface area (Å²) in [7, 11) is 0. The molecule has 1 N–H and O–H groups in total. The average Bonchev–Trinajstić information content (AvgIpc) is 2.38. The molecular formula is C16H28N2O. The van der Waals surface area contributed by atoms with Gasteiger partial charge in [-0.05, 0) is 57.3 Å². The number of unbranched alkanes of at least 4 members (excludes halogenated alkanes) is 1. The van der Waals surface area contributed by atoms with Crippen LogP contribution in [0.4, 0.5) is 0 Å². The van der Waals surface area contributed by atoms with Crippen LogP contribution < -0.4 is 10.1 Å². The Morgan fingerprint density at radius 2 is 2.05 bits per heavy atom. The summed E-state index contributed by atoms with van der Waals surface area (Å²) in [6.07, 6.45) is 3.17. The van der Waals surface area contributed by atoms with E-state index in [1.165, 1.54) is 0 Å². The highest BCUT2D eigenvalue weighted by Crippen LogP contribution is 2.17. The van der Waals surface area contributed by atoms with Gasteiger partial charge in [0.1, 0.15) is 5.75 Å². The smallest absolute Gasteiger partial charge is 0.140 e. The molecule has 0 amide bonds. The lowest BCUT2D eigenvalue weighted by molar-refractivity contribution is 0.301. The average molecular weight is 264 g/mol. The molecule has 0 spiro atoms. The Bertz CT molecular complexity index is 364. The molecule has 3 nitrogen and oxygen atoms in total. The van der Waals surface area contributed by atoms with Crippen LogP contribution in [-0.2, 0) is 6.42 Å². The van der Waals surface area contributed by atoms with Crippen molar-refractivity contribution in [3.05, 3.63) is 23.5 Å². The van der Waals surface area contributed by atoms with Crippen LogP contribution in [0.2, 0.25) is 0 Å². The molecule has 0 aliphatic rings. The van der Waals surface area contributed by atoms with Gasteiger partial charge in [-0.25, -0.2) is 0 Å². The Morgan fingerprint density at radius 3 is 2.74 bits per heavy atom. The fraction of sp³-hybridized carbons (Fsp3) is 0.688. The van der Waals surface area contributed by atoms with Crippen LogP contribution in [0.1, 0.15) is 45.0 Å². The molecule has 0 aromatic carbocycles. The van der Waals surface area contributed by atoms with Gasteiger partial charge in [-0.3, -0.25) is 4.98 Å². The zero-order chi connectivity index (χ0) is 14.1. The van der Waals surface area contributed by atoms with E-state index in [4.69, 9.17) is 4.74 Å². The number of aryl methyl sites for hydroxylation is 2. The number of ether oxygens (including phenoxy) is 1. The maximum Gasteiger partial charge on any atom is 0.140 e. The number of pyridine rings is 1.